The fourth-order valence-corrected chi connectivity index (χ4v) is 3.43. The third-order valence-electron chi connectivity index (χ3n) is 4.46. The van der Waals surface area contributed by atoms with Crippen molar-refractivity contribution < 1.29 is 0 Å². The van der Waals surface area contributed by atoms with Crippen molar-refractivity contribution >= 4 is 0 Å². The van der Waals surface area contributed by atoms with Crippen molar-refractivity contribution in [2.45, 2.75) is 58.5 Å². The molecule has 2 N–H and O–H groups in total. The molecule has 0 saturated carbocycles. The van der Waals surface area contributed by atoms with Crippen molar-refractivity contribution in [2.75, 3.05) is 33.2 Å². The summed E-state index contributed by atoms with van der Waals surface area (Å²) in [5, 5.41) is 0. The Balaban J connectivity index is 2.91. The van der Waals surface area contributed by atoms with Crippen LogP contribution in [0.5, 0.6) is 0 Å². The molecule has 0 amide bonds. The van der Waals surface area contributed by atoms with E-state index in [1.54, 1.807) is 0 Å². The van der Waals surface area contributed by atoms with Gasteiger partial charge in [-0.2, -0.15) is 0 Å². The van der Waals surface area contributed by atoms with E-state index in [0.29, 0.717) is 12.0 Å². The maximum absolute atomic E-state index is 6.19. The number of likely N-dealkylation sites (N-methyl/N-ethyl adjacent to an activating group) is 1. The monoisotopic (exact) mass is 255 g/mol. The van der Waals surface area contributed by atoms with Gasteiger partial charge in [-0.3, -0.25) is 4.90 Å². The van der Waals surface area contributed by atoms with Crippen LogP contribution in [0.3, 0.4) is 0 Å². The maximum Gasteiger partial charge on any atom is 0.0473 e. The quantitative estimate of drug-likeness (QED) is 0.757. The Morgan fingerprint density at radius 3 is 2.22 bits per heavy atom. The standard InChI is InChI=1S/C15H33N3/c1-6-14(7-2)18(10-13(3)4)15(11-16)8-9-17(5)12-15/h13-14H,6-12,16H2,1-5H3. The zero-order chi connectivity index (χ0) is 13.8. The Morgan fingerprint density at radius 1 is 1.28 bits per heavy atom. The first-order valence-electron chi connectivity index (χ1n) is 7.64. The van der Waals surface area contributed by atoms with Crippen LogP contribution < -0.4 is 5.73 Å². The minimum Gasteiger partial charge on any atom is -0.329 e. The smallest absolute Gasteiger partial charge is 0.0473 e. The lowest BCUT2D eigenvalue weighted by Crippen LogP contribution is -2.59. The average molecular weight is 255 g/mol. The minimum atomic E-state index is 0.218. The van der Waals surface area contributed by atoms with Crippen LogP contribution in [0.25, 0.3) is 0 Å². The molecular formula is C15H33N3. The highest BCUT2D eigenvalue weighted by molar-refractivity contribution is 5.01. The Bertz CT molecular complexity index is 238. The molecule has 1 unspecified atom stereocenters. The van der Waals surface area contributed by atoms with Crippen molar-refractivity contribution in [2.24, 2.45) is 11.7 Å². The average Bonchev–Trinajstić information content (AvgIpc) is 2.72. The van der Waals surface area contributed by atoms with Crippen molar-refractivity contribution in [3.8, 4) is 0 Å². The van der Waals surface area contributed by atoms with Gasteiger partial charge in [0, 0.05) is 31.2 Å². The summed E-state index contributed by atoms with van der Waals surface area (Å²) >= 11 is 0. The molecule has 3 nitrogen and oxygen atoms in total. The van der Waals surface area contributed by atoms with Crippen LogP contribution in [0, 0.1) is 5.92 Å². The van der Waals surface area contributed by atoms with Crippen molar-refractivity contribution in [1.29, 1.82) is 0 Å². The molecular weight excluding hydrogens is 222 g/mol. The number of nitrogens with two attached hydrogens (primary N) is 1. The summed E-state index contributed by atoms with van der Waals surface area (Å²) in [5.41, 5.74) is 6.40. The van der Waals surface area contributed by atoms with Crippen molar-refractivity contribution in [1.82, 2.24) is 9.80 Å². The second kappa shape index (κ2) is 6.88. The second-order valence-electron chi connectivity index (χ2n) is 6.43. The Hall–Kier alpha value is -0.120. The molecule has 0 bridgehead atoms. The van der Waals surface area contributed by atoms with Gasteiger partial charge in [0.1, 0.15) is 0 Å². The predicted molar refractivity (Wildman–Crippen MR) is 79.8 cm³/mol. The summed E-state index contributed by atoms with van der Waals surface area (Å²) in [6, 6.07) is 0.683. The molecule has 0 aromatic carbocycles. The Labute approximate surface area is 114 Å². The molecule has 0 spiro atoms. The molecule has 108 valence electrons. The molecule has 0 radical (unpaired) electrons. The highest BCUT2D eigenvalue weighted by atomic mass is 15.3. The number of hydrogen-bond donors (Lipinski definition) is 1. The topological polar surface area (TPSA) is 32.5 Å². The molecule has 1 rings (SSSR count). The molecule has 1 heterocycles. The molecule has 3 heteroatoms. The number of nitrogens with zero attached hydrogens (tertiary/aromatic N) is 2. The fourth-order valence-electron chi connectivity index (χ4n) is 3.43. The number of likely N-dealkylation sites (tertiary alicyclic amines) is 1. The third kappa shape index (κ3) is 3.46. The zero-order valence-corrected chi connectivity index (χ0v) is 13.1. The van der Waals surface area contributed by atoms with Crippen LogP contribution in [0.15, 0.2) is 0 Å². The van der Waals surface area contributed by atoms with Gasteiger partial charge in [0.2, 0.25) is 0 Å². The molecule has 1 aliphatic heterocycles. The molecule has 0 aliphatic carbocycles. The van der Waals surface area contributed by atoms with Gasteiger partial charge in [0.15, 0.2) is 0 Å². The Kier molecular flexibility index (Phi) is 6.09. The summed E-state index contributed by atoms with van der Waals surface area (Å²) in [7, 11) is 2.22. The first kappa shape index (κ1) is 15.9. The van der Waals surface area contributed by atoms with E-state index in [9.17, 15) is 0 Å². The minimum absolute atomic E-state index is 0.218. The molecule has 0 aromatic heterocycles. The van der Waals surface area contributed by atoms with E-state index >= 15 is 0 Å². The van der Waals surface area contributed by atoms with Gasteiger partial charge in [-0.25, -0.2) is 0 Å². The van der Waals surface area contributed by atoms with Gasteiger partial charge in [0.25, 0.3) is 0 Å². The molecule has 1 aliphatic rings. The first-order valence-corrected chi connectivity index (χ1v) is 7.64. The van der Waals surface area contributed by atoms with E-state index in [1.807, 2.05) is 0 Å². The number of rotatable bonds is 7. The van der Waals surface area contributed by atoms with Crippen LogP contribution in [0.1, 0.15) is 47.0 Å². The lowest BCUT2D eigenvalue weighted by Gasteiger charge is -2.46. The Morgan fingerprint density at radius 2 is 1.89 bits per heavy atom. The normalized spacial score (nSPS) is 25.8. The van der Waals surface area contributed by atoms with Gasteiger partial charge in [0.05, 0.1) is 0 Å². The molecule has 1 saturated heterocycles. The van der Waals surface area contributed by atoms with Gasteiger partial charge in [-0.1, -0.05) is 27.7 Å². The van der Waals surface area contributed by atoms with Crippen LogP contribution in [-0.2, 0) is 0 Å². The van der Waals surface area contributed by atoms with E-state index in [-0.39, 0.29) is 5.54 Å². The zero-order valence-electron chi connectivity index (χ0n) is 13.1. The van der Waals surface area contributed by atoms with Gasteiger partial charge in [-0.05, 0) is 38.8 Å². The lowest BCUT2D eigenvalue weighted by atomic mass is 9.91. The van der Waals surface area contributed by atoms with Gasteiger partial charge in [-0.15, -0.1) is 0 Å². The van der Waals surface area contributed by atoms with E-state index < -0.39 is 0 Å². The van der Waals surface area contributed by atoms with Crippen LogP contribution in [-0.4, -0.2) is 54.6 Å². The first-order chi connectivity index (χ1) is 8.49. The van der Waals surface area contributed by atoms with Crippen molar-refractivity contribution in [3.63, 3.8) is 0 Å². The van der Waals surface area contributed by atoms with Gasteiger partial charge < -0.3 is 10.6 Å². The van der Waals surface area contributed by atoms with E-state index in [0.717, 1.165) is 13.1 Å². The largest absolute Gasteiger partial charge is 0.329 e. The fraction of sp³-hybridized carbons (Fsp3) is 1.00. The summed E-state index contributed by atoms with van der Waals surface area (Å²) in [6.45, 7) is 13.5. The summed E-state index contributed by atoms with van der Waals surface area (Å²) < 4.78 is 0. The second-order valence-corrected chi connectivity index (χ2v) is 6.43. The molecule has 1 atom stereocenters. The van der Waals surface area contributed by atoms with Crippen LogP contribution in [0.2, 0.25) is 0 Å². The maximum atomic E-state index is 6.19. The summed E-state index contributed by atoms with van der Waals surface area (Å²) in [6.07, 6.45) is 3.69. The van der Waals surface area contributed by atoms with Crippen molar-refractivity contribution in [3.05, 3.63) is 0 Å². The lowest BCUT2D eigenvalue weighted by molar-refractivity contribution is 0.0387. The van der Waals surface area contributed by atoms with Gasteiger partial charge >= 0.3 is 0 Å². The SMILES string of the molecule is CCC(CC)N(CC(C)C)C1(CN)CCN(C)C1. The van der Waals surface area contributed by atoms with E-state index in [4.69, 9.17) is 5.73 Å². The highest BCUT2D eigenvalue weighted by Gasteiger charge is 2.42. The van der Waals surface area contributed by atoms with Crippen LogP contribution >= 0.6 is 0 Å². The van der Waals surface area contributed by atoms with E-state index in [1.165, 1.54) is 32.4 Å². The van der Waals surface area contributed by atoms with E-state index in [2.05, 4.69) is 44.5 Å². The molecule has 0 aromatic rings. The third-order valence-corrected chi connectivity index (χ3v) is 4.46. The molecule has 1 fully saturated rings. The predicted octanol–water partition coefficient (Wildman–Crippen LogP) is 2.17. The molecule has 18 heavy (non-hydrogen) atoms. The summed E-state index contributed by atoms with van der Waals surface area (Å²) in [5.74, 6) is 0.708. The summed E-state index contributed by atoms with van der Waals surface area (Å²) in [4.78, 5) is 5.17. The number of hydrogen-bond acceptors (Lipinski definition) is 3. The van der Waals surface area contributed by atoms with Crippen LogP contribution in [0.4, 0.5) is 0 Å². The highest BCUT2D eigenvalue weighted by Crippen LogP contribution is 2.31.